The second kappa shape index (κ2) is 13.6. The monoisotopic (exact) mass is 563 g/mol. The van der Waals surface area contributed by atoms with E-state index in [1.807, 2.05) is 0 Å². The number of morpholine rings is 1. The van der Waals surface area contributed by atoms with Gasteiger partial charge in [0, 0.05) is 44.6 Å². The molecule has 0 radical (unpaired) electrons. The molecular formula is C22H38IN5O2S. The average molecular weight is 564 g/mol. The van der Waals surface area contributed by atoms with Crippen LogP contribution in [0, 0.1) is 0 Å². The zero-order chi connectivity index (χ0) is 21.3. The van der Waals surface area contributed by atoms with Crippen molar-refractivity contribution >= 4 is 47.2 Å². The first-order chi connectivity index (χ1) is 14.5. The highest BCUT2D eigenvalue weighted by atomic mass is 127. The van der Waals surface area contributed by atoms with E-state index in [-0.39, 0.29) is 48.6 Å². The van der Waals surface area contributed by atoms with E-state index < -0.39 is 0 Å². The Kier molecular flexibility index (Phi) is 11.6. The summed E-state index contributed by atoms with van der Waals surface area (Å²) >= 11 is 1.79. The molecule has 2 unspecified atom stereocenters. The SMILES string of the molecule is CC1CN(C(CNC(=NCC(=O)N(C)C)NC2CCCCC2)c2cccs2)CCO1.I. The Morgan fingerprint density at radius 3 is 2.77 bits per heavy atom. The fourth-order valence-electron chi connectivity index (χ4n) is 4.09. The van der Waals surface area contributed by atoms with Gasteiger partial charge in [-0.1, -0.05) is 25.3 Å². The molecule has 1 amide bonds. The number of nitrogens with zero attached hydrogens (tertiary/aromatic N) is 3. The average Bonchev–Trinajstić information content (AvgIpc) is 3.27. The Balaban J connectivity index is 0.00000341. The van der Waals surface area contributed by atoms with E-state index in [1.54, 1.807) is 30.3 Å². The minimum Gasteiger partial charge on any atom is -0.376 e. The maximum absolute atomic E-state index is 12.1. The van der Waals surface area contributed by atoms with Gasteiger partial charge in [-0.15, -0.1) is 35.3 Å². The topological polar surface area (TPSA) is 69.2 Å². The summed E-state index contributed by atoms with van der Waals surface area (Å²) in [5.41, 5.74) is 0. The van der Waals surface area contributed by atoms with Crippen molar-refractivity contribution in [3.63, 3.8) is 0 Å². The molecule has 1 saturated carbocycles. The van der Waals surface area contributed by atoms with E-state index in [0.717, 1.165) is 45.0 Å². The molecule has 0 bridgehead atoms. The van der Waals surface area contributed by atoms with Gasteiger partial charge in [0.05, 0.1) is 18.8 Å². The maximum Gasteiger partial charge on any atom is 0.243 e. The molecule has 1 aliphatic carbocycles. The molecule has 0 spiro atoms. The minimum absolute atomic E-state index is 0. The van der Waals surface area contributed by atoms with Crippen LogP contribution in [0.4, 0.5) is 0 Å². The highest BCUT2D eigenvalue weighted by Crippen LogP contribution is 2.26. The van der Waals surface area contributed by atoms with Crippen molar-refractivity contribution in [3.05, 3.63) is 22.4 Å². The van der Waals surface area contributed by atoms with Gasteiger partial charge in [-0.25, -0.2) is 4.99 Å². The van der Waals surface area contributed by atoms with Crippen LogP contribution in [0.3, 0.4) is 0 Å². The molecule has 1 aromatic heterocycles. The van der Waals surface area contributed by atoms with Crippen LogP contribution in [0.25, 0.3) is 0 Å². The minimum atomic E-state index is 0. The summed E-state index contributed by atoms with van der Waals surface area (Å²) in [6.07, 6.45) is 6.39. The number of rotatable bonds is 7. The quantitative estimate of drug-likeness (QED) is 0.303. The largest absolute Gasteiger partial charge is 0.376 e. The number of nitrogens with one attached hydrogen (secondary N) is 2. The molecule has 7 nitrogen and oxygen atoms in total. The Morgan fingerprint density at radius 1 is 1.35 bits per heavy atom. The van der Waals surface area contributed by atoms with Crippen molar-refractivity contribution in [2.45, 2.75) is 57.2 Å². The van der Waals surface area contributed by atoms with Crippen molar-refractivity contribution in [2.24, 2.45) is 4.99 Å². The summed E-state index contributed by atoms with van der Waals surface area (Å²) in [4.78, 5) is 22.1. The molecule has 1 aliphatic heterocycles. The standard InChI is InChI=1S/C22H37N5O2S.HI/c1-17-16-27(11-12-29-17)19(20-10-7-13-30-20)14-23-22(24-15-21(28)26(2)3)25-18-8-5-4-6-9-18;/h7,10,13,17-19H,4-6,8-9,11-12,14-16H2,1-3H3,(H2,23,24,25);1H. The van der Waals surface area contributed by atoms with Crippen LogP contribution >= 0.6 is 35.3 Å². The lowest BCUT2D eigenvalue weighted by molar-refractivity contribution is -0.127. The maximum atomic E-state index is 12.1. The number of halogens is 1. The van der Waals surface area contributed by atoms with Gasteiger partial charge < -0.3 is 20.3 Å². The van der Waals surface area contributed by atoms with Crippen molar-refractivity contribution in [1.82, 2.24) is 20.4 Å². The zero-order valence-corrected chi connectivity index (χ0v) is 22.2. The van der Waals surface area contributed by atoms with Gasteiger partial charge in [-0.3, -0.25) is 9.69 Å². The first-order valence-electron chi connectivity index (χ1n) is 11.2. The van der Waals surface area contributed by atoms with E-state index >= 15 is 0 Å². The molecule has 2 fully saturated rings. The van der Waals surface area contributed by atoms with Gasteiger partial charge in [-0.2, -0.15) is 0 Å². The molecule has 2 heterocycles. The number of hydrogen-bond acceptors (Lipinski definition) is 5. The lowest BCUT2D eigenvalue weighted by Crippen LogP contribution is -2.50. The molecule has 31 heavy (non-hydrogen) atoms. The Labute approximate surface area is 208 Å². The van der Waals surface area contributed by atoms with Gasteiger partial charge >= 0.3 is 0 Å². The first-order valence-corrected chi connectivity index (χ1v) is 12.0. The molecule has 2 atom stereocenters. The third-order valence-corrected chi connectivity index (χ3v) is 6.84. The number of ether oxygens (including phenoxy) is 1. The van der Waals surface area contributed by atoms with E-state index in [4.69, 9.17) is 4.74 Å². The summed E-state index contributed by atoms with van der Waals surface area (Å²) in [5.74, 6) is 0.761. The highest BCUT2D eigenvalue weighted by molar-refractivity contribution is 14.0. The van der Waals surface area contributed by atoms with Crippen LogP contribution in [0.2, 0.25) is 0 Å². The third-order valence-electron chi connectivity index (χ3n) is 5.86. The molecule has 176 valence electrons. The van der Waals surface area contributed by atoms with Gasteiger partial charge in [0.15, 0.2) is 5.96 Å². The van der Waals surface area contributed by atoms with Crippen LogP contribution in [0.5, 0.6) is 0 Å². The summed E-state index contributed by atoms with van der Waals surface area (Å²) in [6, 6.07) is 5.02. The van der Waals surface area contributed by atoms with Crippen LogP contribution in [0.15, 0.2) is 22.5 Å². The summed E-state index contributed by atoms with van der Waals surface area (Å²) < 4.78 is 5.75. The van der Waals surface area contributed by atoms with E-state index in [1.165, 1.54) is 24.1 Å². The Morgan fingerprint density at radius 2 is 2.13 bits per heavy atom. The molecule has 9 heteroatoms. The molecular weight excluding hydrogens is 525 g/mol. The van der Waals surface area contributed by atoms with Crippen molar-refractivity contribution in [2.75, 3.05) is 46.9 Å². The highest BCUT2D eigenvalue weighted by Gasteiger charge is 2.27. The number of likely N-dealkylation sites (N-methyl/N-ethyl adjacent to an activating group) is 1. The van der Waals surface area contributed by atoms with E-state index in [2.05, 4.69) is 45.0 Å². The van der Waals surface area contributed by atoms with Crippen LogP contribution < -0.4 is 10.6 Å². The lowest BCUT2D eigenvalue weighted by atomic mass is 9.96. The number of amides is 1. The molecule has 0 aromatic carbocycles. The zero-order valence-electron chi connectivity index (χ0n) is 19.0. The van der Waals surface area contributed by atoms with Crippen LogP contribution in [0.1, 0.15) is 49.9 Å². The summed E-state index contributed by atoms with van der Waals surface area (Å²) in [5, 5.41) is 9.28. The number of guanidine groups is 1. The van der Waals surface area contributed by atoms with Crippen molar-refractivity contribution < 1.29 is 9.53 Å². The number of carbonyl (C=O) groups excluding carboxylic acids is 1. The normalized spacial score (nSPS) is 21.8. The first kappa shape index (κ1) is 26.3. The molecule has 2 aliphatic rings. The molecule has 2 N–H and O–H groups in total. The summed E-state index contributed by atoms with van der Waals surface area (Å²) in [6.45, 7) is 5.66. The third kappa shape index (κ3) is 8.51. The molecule has 1 saturated heterocycles. The van der Waals surface area contributed by atoms with Crippen molar-refractivity contribution in [3.8, 4) is 0 Å². The van der Waals surface area contributed by atoms with Gasteiger partial charge in [0.2, 0.25) is 5.91 Å². The number of hydrogen-bond donors (Lipinski definition) is 2. The fourth-order valence-corrected chi connectivity index (χ4v) is 4.95. The lowest BCUT2D eigenvalue weighted by Gasteiger charge is -2.37. The fraction of sp³-hybridized carbons (Fsp3) is 0.727. The van der Waals surface area contributed by atoms with Crippen molar-refractivity contribution in [1.29, 1.82) is 0 Å². The van der Waals surface area contributed by atoms with Crippen LogP contribution in [-0.4, -0.2) is 80.7 Å². The van der Waals surface area contributed by atoms with E-state index in [0.29, 0.717) is 6.04 Å². The second-order valence-electron chi connectivity index (χ2n) is 8.52. The summed E-state index contributed by atoms with van der Waals surface area (Å²) in [7, 11) is 3.54. The van der Waals surface area contributed by atoms with E-state index in [9.17, 15) is 4.79 Å². The van der Waals surface area contributed by atoms with Gasteiger partial charge in [-0.05, 0) is 31.2 Å². The number of aliphatic imine (C=N–C) groups is 1. The van der Waals surface area contributed by atoms with Crippen LogP contribution in [-0.2, 0) is 9.53 Å². The number of carbonyl (C=O) groups is 1. The van der Waals surface area contributed by atoms with Gasteiger partial charge in [0.1, 0.15) is 6.54 Å². The smallest absolute Gasteiger partial charge is 0.243 e. The predicted molar refractivity (Wildman–Crippen MR) is 138 cm³/mol. The van der Waals surface area contributed by atoms with Gasteiger partial charge in [0.25, 0.3) is 0 Å². The molecule has 3 rings (SSSR count). The Hall–Kier alpha value is -0.910. The Bertz CT molecular complexity index is 679. The second-order valence-corrected chi connectivity index (χ2v) is 9.50. The molecule has 1 aromatic rings. The predicted octanol–water partition coefficient (Wildman–Crippen LogP) is 3.08. The number of thiophene rings is 1.